The summed E-state index contributed by atoms with van der Waals surface area (Å²) in [7, 11) is 0. The zero-order valence-corrected chi connectivity index (χ0v) is 8.28. The zero-order chi connectivity index (χ0) is 8.81. The lowest BCUT2D eigenvalue weighted by molar-refractivity contribution is -0.139. The van der Waals surface area contributed by atoms with Crippen molar-refractivity contribution in [2.45, 2.75) is 11.1 Å². The van der Waals surface area contributed by atoms with Gasteiger partial charge in [-0.1, -0.05) is 0 Å². The quantitative estimate of drug-likeness (QED) is 0.552. The van der Waals surface area contributed by atoms with Gasteiger partial charge in [0, 0.05) is 0 Å². The minimum absolute atomic E-state index is 0.170. The first-order chi connectivity index (χ1) is 5.83. The van der Waals surface area contributed by atoms with Crippen molar-refractivity contribution in [1.82, 2.24) is 4.98 Å². The molecule has 1 rings (SSSR count). The standard InChI is InChI=1S/C7H9NO2S2/c1-2-10-6(9)4-11-7-3-8-5-12-7/h3,5H,2,4H2,1H3. The predicted octanol–water partition coefficient (Wildman–Crippen LogP) is 1.80. The van der Waals surface area contributed by atoms with Crippen molar-refractivity contribution >= 4 is 29.1 Å². The third-order valence-electron chi connectivity index (χ3n) is 1.05. The van der Waals surface area contributed by atoms with Crippen LogP contribution in [0.25, 0.3) is 0 Å². The molecule has 0 saturated carbocycles. The normalized spacial score (nSPS) is 9.75. The molecule has 12 heavy (non-hydrogen) atoms. The summed E-state index contributed by atoms with van der Waals surface area (Å²) in [6.45, 7) is 2.25. The summed E-state index contributed by atoms with van der Waals surface area (Å²) in [5.41, 5.74) is 1.74. The van der Waals surface area contributed by atoms with E-state index >= 15 is 0 Å². The molecule has 3 nitrogen and oxygen atoms in total. The highest BCUT2D eigenvalue weighted by Crippen LogP contribution is 2.21. The maximum absolute atomic E-state index is 10.9. The fourth-order valence-corrected chi connectivity index (χ4v) is 2.01. The van der Waals surface area contributed by atoms with Crippen LogP contribution in [-0.4, -0.2) is 23.3 Å². The van der Waals surface area contributed by atoms with Gasteiger partial charge in [0.05, 0.1) is 28.3 Å². The molecule has 5 heteroatoms. The number of rotatable bonds is 4. The SMILES string of the molecule is CCOC(=O)CSc1cncs1. The summed E-state index contributed by atoms with van der Waals surface area (Å²) in [5, 5.41) is 0. The molecule has 0 aliphatic carbocycles. The number of esters is 1. The number of carbonyl (C=O) groups is 1. The van der Waals surface area contributed by atoms with Crippen molar-refractivity contribution in [2.24, 2.45) is 0 Å². The Labute approximate surface area is 79.1 Å². The second kappa shape index (κ2) is 5.16. The molecule has 1 heterocycles. The molecule has 0 radical (unpaired) electrons. The molecular formula is C7H9NO2S2. The van der Waals surface area contributed by atoms with E-state index in [1.54, 1.807) is 18.6 Å². The summed E-state index contributed by atoms with van der Waals surface area (Å²) in [6.07, 6.45) is 1.74. The van der Waals surface area contributed by atoms with E-state index in [-0.39, 0.29) is 5.97 Å². The lowest BCUT2D eigenvalue weighted by Gasteiger charge is -1.98. The number of carbonyl (C=O) groups excluding carboxylic acids is 1. The van der Waals surface area contributed by atoms with Crippen LogP contribution in [0.5, 0.6) is 0 Å². The van der Waals surface area contributed by atoms with Gasteiger partial charge in [0.2, 0.25) is 0 Å². The van der Waals surface area contributed by atoms with Crippen LogP contribution >= 0.6 is 23.1 Å². The molecule has 0 aromatic carbocycles. The Kier molecular flexibility index (Phi) is 4.10. The van der Waals surface area contributed by atoms with Gasteiger partial charge in [-0.3, -0.25) is 9.78 Å². The summed E-state index contributed by atoms with van der Waals surface area (Å²) in [6, 6.07) is 0. The second-order valence-electron chi connectivity index (χ2n) is 1.91. The Morgan fingerprint density at radius 3 is 3.25 bits per heavy atom. The number of aromatic nitrogens is 1. The lowest BCUT2D eigenvalue weighted by Crippen LogP contribution is -2.05. The van der Waals surface area contributed by atoms with Crippen molar-refractivity contribution in [1.29, 1.82) is 0 Å². The van der Waals surface area contributed by atoms with E-state index in [1.165, 1.54) is 23.1 Å². The van der Waals surface area contributed by atoms with Gasteiger partial charge >= 0.3 is 5.97 Å². The third kappa shape index (κ3) is 3.23. The van der Waals surface area contributed by atoms with Crippen LogP contribution in [0.3, 0.4) is 0 Å². The molecule has 1 aromatic heterocycles. The van der Waals surface area contributed by atoms with Gasteiger partial charge in [0.1, 0.15) is 0 Å². The lowest BCUT2D eigenvalue weighted by atomic mass is 10.8. The molecule has 0 unspecified atom stereocenters. The number of nitrogens with zero attached hydrogens (tertiary/aromatic N) is 1. The number of ether oxygens (including phenoxy) is 1. The number of hydrogen-bond donors (Lipinski definition) is 0. The predicted molar refractivity (Wildman–Crippen MR) is 49.5 cm³/mol. The van der Waals surface area contributed by atoms with Crippen molar-refractivity contribution in [3.05, 3.63) is 11.7 Å². The zero-order valence-electron chi connectivity index (χ0n) is 6.65. The van der Waals surface area contributed by atoms with E-state index in [9.17, 15) is 4.79 Å². The topological polar surface area (TPSA) is 39.2 Å². The van der Waals surface area contributed by atoms with E-state index in [1.807, 2.05) is 0 Å². The fraction of sp³-hybridized carbons (Fsp3) is 0.429. The molecular weight excluding hydrogens is 194 g/mol. The minimum Gasteiger partial charge on any atom is -0.465 e. The smallest absolute Gasteiger partial charge is 0.316 e. The Bertz CT molecular complexity index is 236. The van der Waals surface area contributed by atoms with Gasteiger partial charge < -0.3 is 4.74 Å². The highest BCUT2D eigenvalue weighted by atomic mass is 32.2. The van der Waals surface area contributed by atoms with Crippen LogP contribution in [0.2, 0.25) is 0 Å². The first-order valence-electron chi connectivity index (χ1n) is 3.50. The summed E-state index contributed by atoms with van der Waals surface area (Å²) < 4.78 is 5.81. The summed E-state index contributed by atoms with van der Waals surface area (Å²) in [4.78, 5) is 14.8. The maximum Gasteiger partial charge on any atom is 0.316 e. The third-order valence-corrected chi connectivity index (χ3v) is 3.02. The van der Waals surface area contributed by atoms with Crippen LogP contribution in [-0.2, 0) is 9.53 Å². The van der Waals surface area contributed by atoms with E-state index < -0.39 is 0 Å². The van der Waals surface area contributed by atoms with Crippen LogP contribution in [0.15, 0.2) is 15.9 Å². The molecule has 66 valence electrons. The number of thiazole rings is 1. The first kappa shape index (κ1) is 9.54. The van der Waals surface area contributed by atoms with Crippen LogP contribution < -0.4 is 0 Å². The first-order valence-corrected chi connectivity index (χ1v) is 5.36. The van der Waals surface area contributed by atoms with Gasteiger partial charge in [-0.25, -0.2) is 0 Å². The number of thioether (sulfide) groups is 1. The fourth-order valence-electron chi connectivity index (χ4n) is 0.608. The Morgan fingerprint density at radius 2 is 2.67 bits per heavy atom. The molecule has 0 saturated heterocycles. The summed E-state index contributed by atoms with van der Waals surface area (Å²) >= 11 is 2.98. The minimum atomic E-state index is -0.170. The molecule has 0 spiro atoms. The molecule has 0 aliphatic rings. The molecule has 0 atom stereocenters. The van der Waals surface area contributed by atoms with Crippen LogP contribution in [0, 0.1) is 0 Å². The van der Waals surface area contributed by atoms with Gasteiger partial charge in [0.15, 0.2) is 0 Å². The van der Waals surface area contributed by atoms with Crippen LogP contribution in [0.1, 0.15) is 6.92 Å². The molecule has 0 amide bonds. The van der Waals surface area contributed by atoms with Crippen molar-refractivity contribution in [3.8, 4) is 0 Å². The van der Waals surface area contributed by atoms with E-state index in [0.29, 0.717) is 12.4 Å². The van der Waals surface area contributed by atoms with Gasteiger partial charge in [0.25, 0.3) is 0 Å². The monoisotopic (exact) mass is 203 g/mol. The molecule has 0 N–H and O–H groups in total. The molecule has 0 bridgehead atoms. The van der Waals surface area contributed by atoms with Crippen molar-refractivity contribution in [2.75, 3.05) is 12.4 Å². The van der Waals surface area contributed by atoms with E-state index in [0.717, 1.165) is 4.21 Å². The molecule has 1 aromatic rings. The van der Waals surface area contributed by atoms with Gasteiger partial charge in [-0.05, 0) is 6.92 Å². The van der Waals surface area contributed by atoms with Crippen molar-refractivity contribution in [3.63, 3.8) is 0 Å². The Hall–Kier alpha value is -0.550. The summed E-state index contributed by atoms with van der Waals surface area (Å²) in [5.74, 6) is 0.201. The Morgan fingerprint density at radius 1 is 1.83 bits per heavy atom. The number of hydrogen-bond acceptors (Lipinski definition) is 5. The second-order valence-corrected chi connectivity index (χ2v) is 4.08. The average Bonchev–Trinajstić information content (AvgIpc) is 2.53. The largest absolute Gasteiger partial charge is 0.465 e. The highest BCUT2D eigenvalue weighted by Gasteiger charge is 2.03. The average molecular weight is 203 g/mol. The Balaban J connectivity index is 2.22. The van der Waals surface area contributed by atoms with Gasteiger partial charge in [-0.15, -0.1) is 23.1 Å². The highest BCUT2D eigenvalue weighted by molar-refractivity contribution is 8.01. The van der Waals surface area contributed by atoms with Crippen LogP contribution in [0.4, 0.5) is 0 Å². The maximum atomic E-state index is 10.9. The van der Waals surface area contributed by atoms with Crippen molar-refractivity contribution < 1.29 is 9.53 Å². The molecule has 0 aliphatic heterocycles. The molecule has 0 fully saturated rings. The van der Waals surface area contributed by atoms with E-state index in [2.05, 4.69) is 4.98 Å². The van der Waals surface area contributed by atoms with Gasteiger partial charge in [-0.2, -0.15) is 0 Å². The van der Waals surface area contributed by atoms with E-state index in [4.69, 9.17) is 4.74 Å².